The second-order valence-corrected chi connectivity index (χ2v) is 6.17. The zero-order chi connectivity index (χ0) is 15.5. The Bertz CT molecular complexity index is 609. The van der Waals surface area contributed by atoms with Crippen LogP contribution in [-0.4, -0.2) is 10.5 Å². The third-order valence-corrected chi connectivity index (χ3v) is 3.04. The van der Waals surface area contributed by atoms with Crippen molar-refractivity contribution in [3.05, 3.63) is 52.9 Å². The molecule has 0 bridgehead atoms. The molecule has 1 heterocycles. The Balaban J connectivity index is 2.04. The minimum Gasteiger partial charge on any atom is -0.436 e. The fraction of sp³-hybridized carbons (Fsp3) is 0.312. The van der Waals surface area contributed by atoms with E-state index in [2.05, 4.69) is 31.1 Å². The lowest BCUT2D eigenvalue weighted by Gasteiger charge is -2.20. The molecule has 0 atom stereocenters. The Morgan fingerprint density at radius 1 is 1.24 bits per heavy atom. The lowest BCUT2D eigenvalue weighted by molar-refractivity contribution is 0.419. The summed E-state index contributed by atoms with van der Waals surface area (Å²) < 4.78 is 19.1. The van der Waals surface area contributed by atoms with Gasteiger partial charge in [-0.25, -0.2) is 9.37 Å². The Kier molecular flexibility index (Phi) is 4.80. The second-order valence-electron chi connectivity index (χ2n) is 5.76. The molecule has 1 aromatic heterocycles. The van der Waals surface area contributed by atoms with E-state index >= 15 is 0 Å². The first-order chi connectivity index (χ1) is 9.85. The van der Waals surface area contributed by atoms with E-state index in [1.165, 1.54) is 12.1 Å². The SMILES string of the molecule is CC(C)(C)NCc1ccc(Oc2cccc(Cl)c2F)nc1. The van der Waals surface area contributed by atoms with Gasteiger partial charge in [0.2, 0.25) is 5.88 Å². The molecule has 0 aliphatic heterocycles. The fourth-order valence-corrected chi connectivity index (χ4v) is 1.78. The number of ether oxygens (including phenoxy) is 1. The fourth-order valence-electron chi connectivity index (χ4n) is 1.62. The number of nitrogens with one attached hydrogen (secondary N) is 1. The summed E-state index contributed by atoms with van der Waals surface area (Å²) in [7, 11) is 0. The summed E-state index contributed by atoms with van der Waals surface area (Å²) in [6.45, 7) is 7.00. The van der Waals surface area contributed by atoms with Gasteiger partial charge >= 0.3 is 0 Å². The molecule has 0 unspecified atom stereocenters. The van der Waals surface area contributed by atoms with Gasteiger partial charge in [0.05, 0.1) is 5.02 Å². The zero-order valence-corrected chi connectivity index (χ0v) is 13.0. The Labute approximate surface area is 129 Å². The second kappa shape index (κ2) is 6.41. The van der Waals surface area contributed by atoms with Crippen molar-refractivity contribution in [3.8, 4) is 11.6 Å². The summed E-state index contributed by atoms with van der Waals surface area (Å²) in [5.41, 5.74) is 1.07. The molecule has 0 saturated heterocycles. The van der Waals surface area contributed by atoms with Crippen molar-refractivity contribution in [2.75, 3.05) is 0 Å². The van der Waals surface area contributed by atoms with Crippen LogP contribution in [0.1, 0.15) is 26.3 Å². The van der Waals surface area contributed by atoms with Crippen LogP contribution < -0.4 is 10.1 Å². The van der Waals surface area contributed by atoms with Crippen LogP contribution in [-0.2, 0) is 6.54 Å². The largest absolute Gasteiger partial charge is 0.436 e. The molecule has 2 rings (SSSR count). The van der Waals surface area contributed by atoms with E-state index in [4.69, 9.17) is 16.3 Å². The van der Waals surface area contributed by atoms with E-state index in [0.29, 0.717) is 12.4 Å². The van der Waals surface area contributed by atoms with Crippen molar-refractivity contribution in [2.24, 2.45) is 0 Å². The van der Waals surface area contributed by atoms with Crippen LogP contribution in [0, 0.1) is 5.82 Å². The zero-order valence-electron chi connectivity index (χ0n) is 12.3. The van der Waals surface area contributed by atoms with Gasteiger partial charge in [-0.05, 0) is 38.5 Å². The molecule has 0 amide bonds. The van der Waals surface area contributed by atoms with E-state index in [0.717, 1.165) is 5.56 Å². The molecule has 0 saturated carbocycles. The normalized spacial score (nSPS) is 11.5. The van der Waals surface area contributed by atoms with Gasteiger partial charge in [-0.15, -0.1) is 0 Å². The van der Waals surface area contributed by atoms with Crippen LogP contribution >= 0.6 is 11.6 Å². The van der Waals surface area contributed by atoms with Gasteiger partial charge in [-0.3, -0.25) is 0 Å². The van der Waals surface area contributed by atoms with Gasteiger partial charge in [0, 0.05) is 24.3 Å². The minimum absolute atomic E-state index is 0.0264. The molecule has 21 heavy (non-hydrogen) atoms. The van der Waals surface area contributed by atoms with Crippen molar-refractivity contribution in [1.82, 2.24) is 10.3 Å². The standard InChI is InChI=1S/C16H18ClFN2O/c1-16(2,3)20-10-11-7-8-14(19-9-11)21-13-6-4-5-12(17)15(13)18/h4-9,20H,10H2,1-3H3. The summed E-state index contributed by atoms with van der Waals surface area (Å²) >= 11 is 5.71. The molecular weight excluding hydrogens is 291 g/mol. The number of rotatable bonds is 4. The van der Waals surface area contributed by atoms with Crippen molar-refractivity contribution >= 4 is 11.6 Å². The maximum Gasteiger partial charge on any atom is 0.219 e. The third kappa shape index (κ3) is 4.69. The highest BCUT2D eigenvalue weighted by atomic mass is 35.5. The smallest absolute Gasteiger partial charge is 0.219 e. The molecule has 5 heteroatoms. The van der Waals surface area contributed by atoms with Gasteiger partial charge in [-0.1, -0.05) is 23.7 Å². The number of halogens is 2. The lowest BCUT2D eigenvalue weighted by atomic mass is 10.1. The van der Waals surface area contributed by atoms with Crippen molar-refractivity contribution in [1.29, 1.82) is 0 Å². The summed E-state index contributed by atoms with van der Waals surface area (Å²) in [5.74, 6) is -0.189. The lowest BCUT2D eigenvalue weighted by Crippen LogP contribution is -2.35. The van der Waals surface area contributed by atoms with E-state index in [9.17, 15) is 4.39 Å². The highest BCUT2D eigenvalue weighted by Gasteiger charge is 2.10. The Morgan fingerprint density at radius 2 is 2.00 bits per heavy atom. The Hall–Kier alpha value is -1.65. The van der Waals surface area contributed by atoms with Crippen LogP contribution in [0.15, 0.2) is 36.5 Å². The summed E-state index contributed by atoms with van der Waals surface area (Å²) in [6, 6.07) is 8.21. The third-order valence-electron chi connectivity index (χ3n) is 2.75. The first kappa shape index (κ1) is 15.7. The quantitative estimate of drug-likeness (QED) is 0.899. The number of aromatic nitrogens is 1. The van der Waals surface area contributed by atoms with Crippen LogP contribution in [0.4, 0.5) is 4.39 Å². The van der Waals surface area contributed by atoms with Crippen molar-refractivity contribution in [3.63, 3.8) is 0 Å². The molecule has 112 valence electrons. The predicted molar refractivity (Wildman–Crippen MR) is 82.3 cm³/mol. The average Bonchev–Trinajstić information content (AvgIpc) is 2.42. The van der Waals surface area contributed by atoms with Gasteiger partial charge in [0.15, 0.2) is 11.6 Å². The molecule has 0 radical (unpaired) electrons. The highest BCUT2D eigenvalue weighted by Crippen LogP contribution is 2.27. The van der Waals surface area contributed by atoms with Crippen molar-refractivity contribution < 1.29 is 9.13 Å². The molecule has 1 aromatic carbocycles. The van der Waals surface area contributed by atoms with E-state index < -0.39 is 5.82 Å². The highest BCUT2D eigenvalue weighted by molar-refractivity contribution is 6.30. The predicted octanol–water partition coefficient (Wildman–Crippen LogP) is 4.55. The summed E-state index contributed by atoms with van der Waals surface area (Å²) in [5, 5.41) is 3.39. The van der Waals surface area contributed by atoms with E-state index in [-0.39, 0.29) is 16.3 Å². The van der Waals surface area contributed by atoms with Crippen molar-refractivity contribution in [2.45, 2.75) is 32.9 Å². The topological polar surface area (TPSA) is 34.1 Å². The van der Waals surface area contributed by atoms with Gasteiger partial charge in [0.25, 0.3) is 0 Å². The maximum absolute atomic E-state index is 13.7. The first-order valence-electron chi connectivity index (χ1n) is 6.67. The molecule has 2 aromatic rings. The number of nitrogens with zero attached hydrogens (tertiary/aromatic N) is 1. The van der Waals surface area contributed by atoms with E-state index in [1.54, 1.807) is 18.3 Å². The van der Waals surface area contributed by atoms with Crippen LogP contribution in [0.25, 0.3) is 0 Å². The van der Waals surface area contributed by atoms with Gasteiger partial charge in [-0.2, -0.15) is 0 Å². The maximum atomic E-state index is 13.7. The molecule has 0 spiro atoms. The number of pyridine rings is 1. The first-order valence-corrected chi connectivity index (χ1v) is 7.05. The molecule has 0 aliphatic rings. The van der Waals surface area contributed by atoms with Gasteiger partial charge < -0.3 is 10.1 Å². The molecular formula is C16H18ClFN2O. The molecule has 3 nitrogen and oxygen atoms in total. The van der Waals surface area contributed by atoms with Crippen LogP contribution in [0.3, 0.4) is 0 Å². The van der Waals surface area contributed by atoms with Crippen LogP contribution in [0.2, 0.25) is 5.02 Å². The molecule has 0 aliphatic carbocycles. The summed E-state index contributed by atoms with van der Waals surface area (Å²) in [4.78, 5) is 4.17. The molecule has 0 fully saturated rings. The summed E-state index contributed by atoms with van der Waals surface area (Å²) in [6.07, 6.45) is 1.70. The van der Waals surface area contributed by atoms with Crippen LogP contribution in [0.5, 0.6) is 11.6 Å². The average molecular weight is 309 g/mol. The number of hydrogen-bond acceptors (Lipinski definition) is 3. The van der Waals surface area contributed by atoms with E-state index in [1.807, 2.05) is 6.07 Å². The number of hydrogen-bond donors (Lipinski definition) is 1. The minimum atomic E-state index is -0.584. The monoisotopic (exact) mass is 308 g/mol. The Morgan fingerprint density at radius 3 is 2.62 bits per heavy atom. The van der Waals surface area contributed by atoms with Gasteiger partial charge in [0.1, 0.15) is 0 Å². The molecule has 1 N–H and O–H groups in total. The number of benzene rings is 1.